The molecule has 0 radical (unpaired) electrons. The number of ether oxygens (including phenoxy) is 2. The summed E-state index contributed by atoms with van der Waals surface area (Å²) in [5.74, 6) is 2.10. The van der Waals surface area contributed by atoms with Gasteiger partial charge in [-0.1, -0.05) is 6.07 Å². The number of hydrogen-bond donors (Lipinski definition) is 1. The molecule has 1 aliphatic rings. The molecule has 7 heteroatoms. The predicted molar refractivity (Wildman–Crippen MR) is 128 cm³/mol. The lowest BCUT2D eigenvalue weighted by molar-refractivity contribution is 0.122. The monoisotopic (exact) mass is 443 g/mol. The normalized spacial score (nSPS) is 14.1. The summed E-state index contributed by atoms with van der Waals surface area (Å²) >= 11 is 0. The average Bonchev–Trinajstić information content (AvgIpc) is 2.79. The van der Waals surface area contributed by atoms with Crippen molar-refractivity contribution in [2.24, 2.45) is 5.73 Å². The average molecular weight is 444 g/mol. The molecule has 1 aliphatic heterocycles. The molecule has 1 saturated heterocycles. The topological polar surface area (TPSA) is 97.3 Å². The van der Waals surface area contributed by atoms with Gasteiger partial charge >= 0.3 is 0 Å². The van der Waals surface area contributed by atoms with Crippen LogP contribution in [0.15, 0.2) is 48.7 Å². The van der Waals surface area contributed by atoms with Gasteiger partial charge in [-0.3, -0.25) is 4.98 Å². The van der Waals surface area contributed by atoms with E-state index in [0.717, 1.165) is 47.8 Å². The molecule has 33 heavy (non-hydrogen) atoms. The van der Waals surface area contributed by atoms with Crippen molar-refractivity contribution in [2.45, 2.75) is 32.7 Å². The first kappa shape index (κ1) is 22.7. The second-order valence-corrected chi connectivity index (χ2v) is 9.04. The molecular formula is C26H29N5O2. The minimum atomic E-state index is -0.302. The van der Waals surface area contributed by atoms with Gasteiger partial charge in [0.2, 0.25) is 0 Å². The molecule has 0 amide bonds. The van der Waals surface area contributed by atoms with Gasteiger partial charge in [0.1, 0.15) is 17.3 Å². The van der Waals surface area contributed by atoms with Gasteiger partial charge in [0.25, 0.3) is 0 Å². The highest BCUT2D eigenvalue weighted by Gasteiger charge is 2.17. The number of nitrogens with two attached hydrogens (primary N) is 1. The van der Waals surface area contributed by atoms with E-state index in [1.807, 2.05) is 57.3 Å². The Labute approximate surface area is 194 Å². The van der Waals surface area contributed by atoms with Gasteiger partial charge in [-0.05, 0) is 57.0 Å². The Bertz CT molecular complexity index is 1160. The molecule has 1 aromatic carbocycles. The standard InChI is InChI=1S/C26H29N5O2/c1-18-12-21(14-25(30-18)31-8-10-32-11-9-31)33-24-13-19(16-27)4-6-22(24)23-7-5-20(17-29-23)15-26(2,3)28/h4-7,12-14,17H,8-11,15,28H2,1-3H3. The number of anilines is 1. The second kappa shape index (κ2) is 9.57. The number of rotatable bonds is 6. The zero-order valence-electron chi connectivity index (χ0n) is 19.3. The van der Waals surface area contributed by atoms with Crippen molar-refractivity contribution in [1.29, 1.82) is 5.26 Å². The predicted octanol–water partition coefficient (Wildman–Crippen LogP) is 4.23. The first-order chi connectivity index (χ1) is 15.8. The molecule has 2 aromatic heterocycles. The van der Waals surface area contributed by atoms with Gasteiger partial charge in [0, 0.05) is 48.2 Å². The van der Waals surface area contributed by atoms with Crippen LogP contribution in [0.25, 0.3) is 11.3 Å². The van der Waals surface area contributed by atoms with Gasteiger partial charge in [0.15, 0.2) is 0 Å². The number of morpholine rings is 1. The summed E-state index contributed by atoms with van der Waals surface area (Å²) in [5.41, 5.74) is 9.88. The number of hydrogen-bond acceptors (Lipinski definition) is 7. The maximum atomic E-state index is 9.43. The number of aromatic nitrogens is 2. The van der Waals surface area contributed by atoms with Gasteiger partial charge in [-0.25, -0.2) is 4.98 Å². The molecule has 0 saturated carbocycles. The van der Waals surface area contributed by atoms with Gasteiger partial charge < -0.3 is 20.1 Å². The summed E-state index contributed by atoms with van der Waals surface area (Å²) in [4.78, 5) is 11.5. The molecule has 0 unspecified atom stereocenters. The van der Waals surface area contributed by atoms with Crippen LogP contribution in [0.1, 0.15) is 30.7 Å². The van der Waals surface area contributed by atoms with Crippen molar-refractivity contribution < 1.29 is 9.47 Å². The fourth-order valence-corrected chi connectivity index (χ4v) is 3.86. The van der Waals surface area contributed by atoms with Crippen molar-refractivity contribution in [3.05, 3.63) is 65.5 Å². The summed E-state index contributed by atoms with van der Waals surface area (Å²) in [6.45, 7) is 8.89. The van der Waals surface area contributed by atoms with Crippen molar-refractivity contribution in [3.63, 3.8) is 0 Å². The first-order valence-corrected chi connectivity index (χ1v) is 11.1. The van der Waals surface area contributed by atoms with Crippen LogP contribution < -0.4 is 15.4 Å². The molecule has 3 aromatic rings. The number of nitrogens with zero attached hydrogens (tertiary/aromatic N) is 4. The van der Waals surface area contributed by atoms with Gasteiger partial charge in [-0.2, -0.15) is 5.26 Å². The Morgan fingerprint density at radius 3 is 2.61 bits per heavy atom. The fraction of sp³-hybridized carbons (Fsp3) is 0.346. The fourth-order valence-electron chi connectivity index (χ4n) is 3.86. The molecule has 3 heterocycles. The van der Waals surface area contributed by atoms with Crippen molar-refractivity contribution in [1.82, 2.24) is 9.97 Å². The highest BCUT2D eigenvalue weighted by Crippen LogP contribution is 2.35. The summed E-state index contributed by atoms with van der Waals surface area (Å²) < 4.78 is 11.8. The highest BCUT2D eigenvalue weighted by atomic mass is 16.5. The molecule has 0 aliphatic carbocycles. The number of pyridine rings is 2. The van der Waals surface area contributed by atoms with Crippen molar-refractivity contribution >= 4 is 5.82 Å². The van der Waals surface area contributed by atoms with E-state index in [-0.39, 0.29) is 5.54 Å². The van der Waals surface area contributed by atoms with E-state index >= 15 is 0 Å². The van der Waals surface area contributed by atoms with E-state index in [4.69, 9.17) is 15.2 Å². The molecule has 2 N–H and O–H groups in total. The lowest BCUT2D eigenvalue weighted by Crippen LogP contribution is -2.36. The first-order valence-electron chi connectivity index (χ1n) is 11.1. The second-order valence-electron chi connectivity index (χ2n) is 9.04. The van der Waals surface area contributed by atoms with Crippen molar-refractivity contribution in [3.8, 4) is 28.8 Å². The molecule has 0 spiro atoms. The summed E-state index contributed by atoms with van der Waals surface area (Å²) in [6, 6.07) is 15.4. The van der Waals surface area contributed by atoms with Crippen LogP contribution in [-0.2, 0) is 11.2 Å². The van der Waals surface area contributed by atoms with E-state index in [1.165, 1.54) is 0 Å². The third-order valence-corrected chi connectivity index (χ3v) is 5.35. The number of aryl methyl sites for hydroxylation is 1. The smallest absolute Gasteiger partial charge is 0.138 e. The summed E-state index contributed by atoms with van der Waals surface area (Å²) in [7, 11) is 0. The molecule has 7 nitrogen and oxygen atoms in total. The molecule has 170 valence electrons. The number of benzene rings is 1. The maximum Gasteiger partial charge on any atom is 0.138 e. The molecule has 4 rings (SSSR count). The van der Waals surface area contributed by atoms with Crippen LogP contribution in [0.3, 0.4) is 0 Å². The zero-order valence-corrected chi connectivity index (χ0v) is 19.3. The lowest BCUT2D eigenvalue weighted by Gasteiger charge is -2.28. The lowest BCUT2D eigenvalue weighted by atomic mass is 9.97. The molecule has 1 fully saturated rings. The minimum Gasteiger partial charge on any atom is -0.456 e. The van der Waals surface area contributed by atoms with Crippen LogP contribution in [0, 0.1) is 18.3 Å². The van der Waals surface area contributed by atoms with Crippen LogP contribution in [0.4, 0.5) is 5.82 Å². The minimum absolute atomic E-state index is 0.302. The van der Waals surface area contributed by atoms with Crippen LogP contribution in [0.2, 0.25) is 0 Å². The maximum absolute atomic E-state index is 9.43. The molecular weight excluding hydrogens is 414 g/mol. The van der Waals surface area contributed by atoms with Crippen LogP contribution in [-0.4, -0.2) is 41.8 Å². The van der Waals surface area contributed by atoms with E-state index < -0.39 is 0 Å². The van der Waals surface area contributed by atoms with E-state index in [0.29, 0.717) is 30.3 Å². The zero-order chi connectivity index (χ0) is 23.4. The van der Waals surface area contributed by atoms with Crippen molar-refractivity contribution in [2.75, 3.05) is 31.2 Å². The van der Waals surface area contributed by atoms with E-state index in [9.17, 15) is 5.26 Å². The molecule has 0 atom stereocenters. The van der Waals surface area contributed by atoms with E-state index in [2.05, 4.69) is 20.9 Å². The van der Waals surface area contributed by atoms with Gasteiger partial charge in [0.05, 0.1) is 30.5 Å². The Kier molecular flexibility index (Phi) is 6.59. The van der Waals surface area contributed by atoms with Crippen LogP contribution in [0.5, 0.6) is 11.5 Å². The van der Waals surface area contributed by atoms with Gasteiger partial charge in [-0.15, -0.1) is 0 Å². The van der Waals surface area contributed by atoms with E-state index in [1.54, 1.807) is 12.1 Å². The Balaban J connectivity index is 1.66. The highest BCUT2D eigenvalue weighted by molar-refractivity contribution is 5.69. The largest absolute Gasteiger partial charge is 0.456 e. The SMILES string of the molecule is Cc1cc(Oc2cc(C#N)ccc2-c2ccc(CC(C)(C)N)cn2)cc(N2CCOCC2)n1. The Morgan fingerprint density at radius 2 is 1.94 bits per heavy atom. The summed E-state index contributed by atoms with van der Waals surface area (Å²) in [5, 5.41) is 9.43. The third kappa shape index (κ3) is 5.86. The van der Waals surface area contributed by atoms with Crippen LogP contribution >= 0.6 is 0 Å². The molecule has 0 bridgehead atoms. The Morgan fingerprint density at radius 1 is 1.15 bits per heavy atom. The number of nitriles is 1. The summed E-state index contributed by atoms with van der Waals surface area (Å²) in [6.07, 6.45) is 2.58. The Hall–Kier alpha value is -3.47. The third-order valence-electron chi connectivity index (χ3n) is 5.35. The quantitative estimate of drug-likeness (QED) is 0.609.